The van der Waals surface area contributed by atoms with Gasteiger partial charge in [0.25, 0.3) is 0 Å². The number of rotatable bonds is 0. The summed E-state index contributed by atoms with van der Waals surface area (Å²) in [5.41, 5.74) is 1.17. The molecule has 0 spiro atoms. The molecule has 0 unspecified atom stereocenters. The van der Waals surface area contributed by atoms with E-state index >= 15 is 0 Å². The molecule has 1 aromatic carbocycles. The first-order valence-corrected chi connectivity index (χ1v) is 3.35. The Bertz CT molecular complexity index is 273. The van der Waals surface area contributed by atoms with Gasteiger partial charge in [-0.2, -0.15) is 0 Å². The van der Waals surface area contributed by atoms with E-state index in [-0.39, 0.29) is 42.7 Å². The van der Waals surface area contributed by atoms with Crippen molar-refractivity contribution in [2.45, 2.75) is 0 Å². The fourth-order valence-corrected chi connectivity index (χ4v) is 1.06. The summed E-state index contributed by atoms with van der Waals surface area (Å²) < 4.78 is 5.34. The van der Waals surface area contributed by atoms with E-state index in [1.165, 1.54) is 5.56 Å². The van der Waals surface area contributed by atoms with E-state index in [9.17, 15) is 0 Å². The van der Waals surface area contributed by atoms with Crippen LogP contribution in [0.15, 0.2) is 30.3 Å². The molecular formula is C9H8BiNiO. The molecule has 1 aliphatic rings. The van der Waals surface area contributed by atoms with Gasteiger partial charge in [0.05, 0.1) is 0 Å². The molecule has 0 bridgehead atoms. The minimum Gasteiger partial charge on any atom is -0.489 e. The summed E-state index contributed by atoms with van der Waals surface area (Å²) in [6.07, 6.45) is 4.10. The number of hydrogen-bond donors (Lipinski definition) is 0. The largest absolute Gasteiger partial charge is 0.489 e. The Morgan fingerprint density at radius 3 is 2.67 bits per heavy atom. The summed E-state index contributed by atoms with van der Waals surface area (Å²) in [5.74, 6) is 0.991. The van der Waals surface area contributed by atoms with Gasteiger partial charge in [-0.1, -0.05) is 24.3 Å². The predicted molar refractivity (Wildman–Crippen MR) is 46.7 cm³/mol. The summed E-state index contributed by atoms with van der Waals surface area (Å²) in [5, 5.41) is 0. The van der Waals surface area contributed by atoms with Gasteiger partial charge in [0.15, 0.2) is 0 Å². The molecule has 2 rings (SSSR count). The monoisotopic (exact) mass is 399 g/mol. The smallest absolute Gasteiger partial charge is 0.126 e. The average molecular weight is 400 g/mol. The number of benzene rings is 1. The number of fused-ring (bicyclic) bond motifs is 1. The Morgan fingerprint density at radius 1 is 1.17 bits per heavy atom. The minimum atomic E-state index is 0. The third-order valence-corrected chi connectivity index (χ3v) is 1.55. The van der Waals surface area contributed by atoms with Crippen LogP contribution in [0.5, 0.6) is 5.75 Å². The Kier molecular flexibility index (Phi) is 5.79. The van der Waals surface area contributed by atoms with E-state index in [1.54, 1.807) is 0 Å². The number of ether oxygens (including phenoxy) is 1. The van der Waals surface area contributed by atoms with Gasteiger partial charge in [0, 0.05) is 48.3 Å². The van der Waals surface area contributed by atoms with Crippen LogP contribution in [-0.4, -0.2) is 32.8 Å². The Balaban J connectivity index is 0.000000605. The molecule has 1 heterocycles. The summed E-state index contributed by atoms with van der Waals surface area (Å²) in [6.45, 7) is 0.705. The van der Waals surface area contributed by atoms with E-state index in [0.717, 1.165) is 5.75 Å². The second kappa shape index (κ2) is 5.73. The Hall–Kier alpha value is 0.137. The molecule has 3 radical (unpaired) electrons. The van der Waals surface area contributed by atoms with Crippen LogP contribution >= 0.6 is 0 Å². The molecule has 0 N–H and O–H groups in total. The first-order valence-electron chi connectivity index (χ1n) is 3.35. The van der Waals surface area contributed by atoms with Crippen LogP contribution in [0.1, 0.15) is 5.56 Å². The molecule has 12 heavy (non-hydrogen) atoms. The molecule has 0 aromatic heterocycles. The van der Waals surface area contributed by atoms with Gasteiger partial charge in [-0.15, -0.1) is 0 Å². The molecule has 1 aromatic rings. The zero-order chi connectivity index (χ0) is 6.81. The third kappa shape index (κ3) is 2.57. The summed E-state index contributed by atoms with van der Waals surface area (Å²) in [7, 11) is 0. The van der Waals surface area contributed by atoms with Crippen LogP contribution in [0.4, 0.5) is 0 Å². The van der Waals surface area contributed by atoms with Crippen molar-refractivity contribution in [1.29, 1.82) is 0 Å². The molecule has 3 heteroatoms. The molecular weight excluding hydrogens is 392 g/mol. The standard InChI is InChI=1S/C9H8O.Bi.Ni/c1-2-6-9-8(4-1)5-3-7-10-9;;/h1-6H,7H2;;. The van der Waals surface area contributed by atoms with Crippen molar-refractivity contribution >= 4 is 32.3 Å². The van der Waals surface area contributed by atoms with Crippen LogP contribution in [-0.2, 0) is 16.5 Å². The van der Waals surface area contributed by atoms with Crippen LogP contribution in [0, 0.1) is 0 Å². The third-order valence-electron chi connectivity index (χ3n) is 1.55. The molecule has 0 atom stereocenters. The second-order valence-corrected chi connectivity index (χ2v) is 2.25. The molecule has 1 nitrogen and oxygen atoms in total. The normalized spacial score (nSPS) is 11.7. The van der Waals surface area contributed by atoms with Crippen molar-refractivity contribution < 1.29 is 21.2 Å². The molecule has 0 saturated heterocycles. The summed E-state index contributed by atoms with van der Waals surface area (Å²) >= 11 is 0. The summed E-state index contributed by atoms with van der Waals surface area (Å²) in [6, 6.07) is 8.03. The SMILES string of the molecule is C1=Cc2ccccc2OC1.[Bi].[Ni]. The van der Waals surface area contributed by atoms with Gasteiger partial charge in [-0.05, 0) is 12.1 Å². The molecule has 0 fully saturated rings. The maximum absolute atomic E-state index is 5.34. The van der Waals surface area contributed by atoms with E-state index in [0.29, 0.717) is 6.61 Å². The van der Waals surface area contributed by atoms with Crippen LogP contribution in [0.3, 0.4) is 0 Å². The van der Waals surface area contributed by atoms with Gasteiger partial charge < -0.3 is 4.74 Å². The van der Waals surface area contributed by atoms with Crippen LogP contribution in [0.25, 0.3) is 6.08 Å². The molecule has 0 saturated carbocycles. The second-order valence-electron chi connectivity index (χ2n) is 2.25. The number of para-hydroxylation sites is 1. The van der Waals surface area contributed by atoms with E-state index in [1.807, 2.05) is 30.3 Å². The van der Waals surface area contributed by atoms with E-state index in [2.05, 4.69) is 6.08 Å². The van der Waals surface area contributed by atoms with Gasteiger partial charge in [0.2, 0.25) is 0 Å². The van der Waals surface area contributed by atoms with Crippen molar-refractivity contribution in [1.82, 2.24) is 0 Å². The van der Waals surface area contributed by atoms with Gasteiger partial charge >= 0.3 is 0 Å². The minimum absolute atomic E-state index is 0. The van der Waals surface area contributed by atoms with Crippen molar-refractivity contribution in [3.63, 3.8) is 0 Å². The quantitative estimate of drug-likeness (QED) is 0.604. The zero-order valence-corrected chi connectivity index (χ0v) is 10.8. The summed E-state index contributed by atoms with van der Waals surface area (Å²) in [4.78, 5) is 0. The van der Waals surface area contributed by atoms with E-state index in [4.69, 9.17) is 4.74 Å². The topological polar surface area (TPSA) is 9.23 Å². The first kappa shape index (κ1) is 12.1. The van der Waals surface area contributed by atoms with Crippen LogP contribution in [0.2, 0.25) is 0 Å². The van der Waals surface area contributed by atoms with Crippen molar-refractivity contribution in [2.24, 2.45) is 0 Å². The Labute approximate surface area is 101 Å². The molecule has 0 aliphatic carbocycles. The van der Waals surface area contributed by atoms with Crippen molar-refractivity contribution in [2.75, 3.05) is 6.61 Å². The van der Waals surface area contributed by atoms with Crippen LogP contribution < -0.4 is 4.74 Å². The van der Waals surface area contributed by atoms with Crippen molar-refractivity contribution in [3.8, 4) is 5.75 Å². The fraction of sp³-hybridized carbons (Fsp3) is 0.111. The van der Waals surface area contributed by atoms with Gasteiger partial charge in [-0.3, -0.25) is 0 Å². The average Bonchev–Trinajstić information content (AvgIpc) is 2.05. The van der Waals surface area contributed by atoms with E-state index < -0.39 is 0 Å². The van der Waals surface area contributed by atoms with Gasteiger partial charge in [0.1, 0.15) is 12.4 Å². The molecule has 65 valence electrons. The predicted octanol–water partition coefficient (Wildman–Crippen LogP) is 1.71. The first-order chi connectivity index (χ1) is 4.97. The maximum Gasteiger partial charge on any atom is 0.126 e. The molecule has 1 aliphatic heterocycles. The Morgan fingerprint density at radius 2 is 1.92 bits per heavy atom. The van der Waals surface area contributed by atoms with Crippen molar-refractivity contribution in [3.05, 3.63) is 35.9 Å². The fourth-order valence-electron chi connectivity index (χ4n) is 1.06. The zero-order valence-electron chi connectivity index (χ0n) is 6.34. The maximum atomic E-state index is 5.34. The molecule has 0 amide bonds. The number of hydrogen-bond acceptors (Lipinski definition) is 1. The van der Waals surface area contributed by atoms with Gasteiger partial charge in [-0.25, -0.2) is 0 Å².